The molecule has 0 N–H and O–H groups in total. The van der Waals surface area contributed by atoms with E-state index in [4.69, 9.17) is 10.00 Å². The van der Waals surface area contributed by atoms with Crippen LogP contribution in [0.5, 0.6) is 5.75 Å². The van der Waals surface area contributed by atoms with Crippen LogP contribution in [0.25, 0.3) is 0 Å². The number of hydrogen-bond acceptors (Lipinski definition) is 2. The SMILES string of the molecule is N#CCc1ccc(OCC2Cc3ccccc32)cc1. The molecular formula is C17H15NO. The van der Waals surface area contributed by atoms with Crippen molar-refractivity contribution in [3.63, 3.8) is 0 Å². The van der Waals surface area contributed by atoms with Gasteiger partial charge in [0.1, 0.15) is 5.75 Å². The third kappa shape index (κ3) is 2.46. The third-order valence-electron chi connectivity index (χ3n) is 3.62. The zero-order chi connectivity index (χ0) is 13.1. The average Bonchev–Trinajstić information content (AvgIpc) is 2.42. The maximum Gasteiger partial charge on any atom is 0.119 e. The van der Waals surface area contributed by atoms with Crippen LogP contribution in [0.3, 0.4) is 0 Å². The highest BCUT2D eigenvalue weighted by Gasteiger charge is 2.25. The summed E-state index contributed by atoms with van der Waals surface area (Å²) in [6.07, 6.45) is 1.57. The van der Waals surface area contributed by atoms with Crippen molar-refractivity contribution >= 4 is 0 Å². The number of rotatable bonds is 4. The Labute approximate surface area is 113 Å². The van der Waals surface area contributed by atoms with E-state index in [2.05, 4.69) is 30.3 Å². The topological polar surface area (TPSA) is 33.0 Å². The van der Waals surface area contributed by atoms with Gasteiger partial charge >= 0.3 is 0 Å². The van der Waals surface area contributed by atoms with E-state index in [1.807, 2.05) is 24.3 Å². The first-order chi connectivity index (χ1) is 9.36. The molecule has 0 fully saturated rings. The number of benzene rings is 2. The second-order valence-electron chi connectivity index (χ2n) is 4.89. The molecule has 0 heterocycles. The molecular weight excluding hydrogens is 234 g/mol. The number of fused-ring (bicyclic) bond motifs is 1. The number of nitriles is 1. The van der Waals surface area contributed by atoms with Gasteiger partial charge in [-0.3, -0.25) is 0 Å². The molecule has 1 unspecified atom stereocenters. The van der Waals surface area contributed by atoms with E-state index in [0.29, 0.717) is 12.3 Å². The van der Waals surface area contributed by atoms with E-state index < -0.39 is 0 Å². The van der Waals surface area contributed by atoms with Gasteiger partial charge in [0.2, 0.25) is 0 Å². The van der Waals surface area contributed by atoms with Crippen molar-refractivity contribution in [1.29, 1.82) is 5.26 Å². The summed E-state index contributed by atoms with van der Waals surface area (Å²) in [5.41, 5.74) is 3.90. The molecule has 1 aliphatic rings. The Balaban J connectivity index is 1.58. The molecule has 0 saturated carbocycles. The van der Waals surface area contributed by atoms with Crippen LogP contribution in [-0.2, 0) is 12.8 Å². The molecule has 0 radical (unpaired) electrons. The molecule has 0 spiro atoms. The van der Waals surface area contributed by atoms with Gasteiger partial charge in [0, 0.05) is 5.92 Å². The van der Waals surface area contributed by atoms with Crippen molar-refractivity contribution in [3.05, 3.63) is 65.2 Å². The fourth-order valence-electron chi connectivity index (χ4n) is 2.50. The largest absolute Gasteiger partial charge is 0.493 e. The van der Waals surface area contributed by atoms with E-state index >= 15 is 0 Å². The Bertz CT molecular complexity index is 610. The molecule has 19 heavy (non-hydrogen) atoms. The quantitative estimate of drug-likeness (QED) is 0.831. The number of ether oxygens (including phenoxy) is 1. The standard InChI is InChI=1S/C17H15NO/c18-10-9-13-5-7-16(8-6-13)19-12-15-11-14-3-1-2-4-17(14)15/h1-8,15H,9,11-12H2. The van der Waals surface area contributed by atoms with Gasteiger partial charge in [-0.1, -0.05) is 36.4 Å². The maximum absolute atomic E-state index is 8.62. The van der Waals surface area contributed by atoms with Gasteiger partial charge in [-0.15, -0.1) is 0 Å². The van der Waals surface area contributed by atoms with Gasteiger partial charge < -0.3 is 4.74 Å². The molecule has 0 amide bonds. The lowest BCUT2D eigenvalue weighted by Gasteiger charge is -2.29. The highest BCUT2D eigenvalue weighted by atomic mass is 16.5. The van der Waals surface area contributed by atoms with Crippen molar-refractivity contribution in [3.8, 4) is 11.8 Å². The van der Waals surface area contributed by atoms with Crippen molar-refractivity contribution in [2.45, 2.75) is 18.8 Å². The van der Waals surface area contributed by atoms with Gasteiger partial charge in [0.05, 0.1) is 19.1 Å². The second-order valence-corrected chi connectivity index (χ2v) is 4.89. The van der Waals surface area contributed by atoms with Gasteiger partial charge in [-0.05, 0) is 35.2 Å². The normalized spacial score (nSPS) is 16.1. The maximum atomic E-state index is 8.62. The summed E-state index contributed by atoms with van der Waals surface area (Å²) in [7, 11) is 0. The molecule has 0 saturated heterocycles. The molecule has 2 heteroatoms. The molecule has 0 aliphatic heterocycles. The predicted octanol–water partition coefficient (Wildman–Crippen LogP) is 3.47. The summed E-state index contributed by atoms with van der Waals surface area (Å²) in [5, 5.41) is 8.62. The molecule has 0 aromatic heterocycles. The Morgan fingerprint density at radius 3 is 2.63 bits per heavy atom. The smallest absolute Gasteiger partial charge is 0.119 e. The average molecular weight is 249 g/mol. The van der Waals surface area contributed by atoms with Crippen molar-refractivity contribution in [2.75, 3.05) is 6.61 Å². The van der Waals surface area contributed by atoms with Gasteiger partial charge in [-0.25, -0.2) is 0 Å². The summed E-state index contributed by atoms with van der Waals surface area (Å²) in [4.78, 5) is 0. The summed E-state index contributed by atoms with van der Waals surface area (Å²) < 4.78 is 5.82. The zero-order valence-corrected chi connectivity index (χ0v) is 10.7. The summed E-state index contributed by atoms with van der Waals surface area (Å²) >= 11 is 0. The molecule has 2 aromatic carbocycles. The lowest BCUT2D eigenvalue weighted by atomic mass is 9.78. The van der Waals surface area contributed by atoms with Crippen LogP contribution < -0.4 is 4.74 Å². The van der Waals surface area contributed by atoms with E-state index in [9.17, 15) is 0 Å². The first kappa shape index (κ1) is 11.8. The molecule has 1 aliphatic carbocycles. The van der Waals surface area contributed by atoms with Gasteiger partial charge in [0.15, 0.2) is 0 Å². The summed E-state index contributed by atoms with van der Waals surface area (Å²) in [5.74, 6) is 1.40. The minimum atomic E-state index is 0.455. The minimum absolute atomic E-state index is 0.455. The molecule has 1 atom stereocenters. The molecule has 2 aromatic rings. The van der Waals surface area contributed by atoms with Crippen LogP contribution in [0.4, 0.5) is 0 Å². The van der Waals surface area contributed by atoms with Crippen molar-refractivity contribution in [2.24, 2.45) is 0 Å². The molecule has 3 rings (SSSR count). The van der Waals surface area contributed by atoms with Crippen LogP contribution in [-0.4, -0.2) is 6.61 Å². The first-order valence-corrected chi connectivity index (χ1v) is 6.53. The van der Waals surface area contributed by atoms with Crippen molar-refractivity contribution < 1.29 is 4.74 Å². The van der Waals surface area contributed by atoms with Crippen LogP contribution in [0.2, 0.25) is 0 Å². The van der Waals surface area contributed by atoms with E-state index in [-0.39, 0.29) is 0 Å². The Morgan fingerprint density at radius 1 is 1.11 bits per heavy atom. The number of nitrogens with zero attached hydrogens (tertiary/aromatic N) is 1. The summed E-state index contributed by atoms with van der Waals surface area (Å²) in [6.45, 7) is 0.731. The Hall–Kier alpha value is -2.27. The summed E-state index contributed by atoms with van der Waals surface area (Å²) in [6, 6.07) is 18.5. The lowest BCUT2D eigenvalue weighted by molar-refractivity contribution is 0.275. The monoisotopic (exact) mass is 249 g/mol. The Morgan fingerprint density at radius 2 is 1.89 bits per heavy atom. The fraction of sp³-hybridized carbons (Fsp3) is 0.235. The van der Waals surface area contributed by atoms with Crippen LogP contribution >= 0.6 is 0 Å². The van der Waals surface area contributed by atoms with Crippen molar-refractivity contribution in [1.82, 2.24) is 0 Å². The fourth-order valence-corrected chi connectivity index (χ4v) is 2.50. The van der Waals surface area contributed by atoms with Gasteiger partial charge in [-0.2, -0.15) is 5.26 Å². The lowest BCUT2D eigenvalue weighted by Crippen LogP contribution is -2.23. The predicted molar refractivity (Wildman–Crippen MR) is 74.1 cm³/mol. The zero-order valence-electron chi connectivity index (χ0n) is 10.7. The Kier molecular flexibility index (Phi) is 3.20. The molecule has 94 valence electrons. The van der Waals surface area contributed by atoms with E-state index in [1.165, 1.54) is 11.1 Å². The highest BCUT2D eigenvalue weighted by Crippen LogP contribution is 2.35. The number of hydrogen-bond donors (Lipinski definition) is 0. The minimum Gasteiger partial charge on any atom is -0.493 e. The van der Waals surface area contributed by atoms with E-state index in [1.54, 1.807) is 0 Å². The van der Waals surface area contributed by atoms with Crippen LogP contribution in [0, 0.1) is 11.3 Å². The molecule has 0 bridgehead atoms. The highest BCUT2D eigenvalue weighted by molar-refractivity contribution is 5.40. The van der Waals surface area contributed by atoms with Gasteiger partial charge in [0.25, 0.3) is 0 Å². The van der Waals surface area contributed by atoms with E-state index in [0.717, 1.165) is 24.3 Å². The van der Waals surface area contributed by atoms with Crippen LogP contribution in [0.1, 0.15) is 22.6 Å². The van der Waals surface area contributed by atoms with Crippen LogP contribution in [0.15, 0.2) is 48.5 Å². The molecule has 2 nitrogen and oxygen atoms in total. The first-order valence-electron chi connectivity index (χ1n) is 6.53. The second kappa shape index (κ2) is 5.16. The third-order valence-corrected chi connectivity index (χ3v) is 3.62.